The Labute approximate surface area is 89.5 Å². The van der Waals surface area contributed by atoms with E-state index in [1.165, 1.54) is 19.3 Å². The van der Waals surface area contributed by atoms with E-state index >= 15 is 0 Å². The predicted octanol–water partition coefficient (Wildman–Crippen LogP) is 2.84. The van der Waals surface area contributed by atoms with E-state index in [-0.39, 0.29) is 6.04 Å². The summed E-state index contributed by atoms with van der Waals surface area (Å²) in [5, 5.41) is 0.738. The molecule has 0 aromatic carbocycles. The van der Waals surface area contributed by atoms with E-state index < -0.39 is 0 Å². The molecule has 14 heavy (non-hydrogen) atoms. The molecular weight excluding hydrogens is 196 g/mol. The Hall–Kier alpha value is -0.600. The van der Waals surface area contributed by atoms with Crippen molar-refractivity contribution in [2.45, 2.75) is 32.2 Å². The first-order chi connectivity index (χ1) is 6.66. The zero-order chi connectivity index (χ0) is 10.1. The van der Waals surface area contributed by atoms with E-state index in [0.717, 1.165) is 16.4 Å². The largest absolute Gasteiger partial charge is 0.322 e. The topological polar surface area (TPSA) is 38.9 Å². The van der Waals surface area contributed by atoms with Gasteiger partial charge in [0.05, 0.1) is 5.69 Å². The number of halogens is 1. The van der Waals surface area contributed by atoms with Gasteiger partial charge < -0.3 is 5.73 Å². The van der Waals surface area contributed by atoms with Crippen molar-refractivity contribution in [3.63, 3.8) is 0 Å². The summed E-state index contributed by atoms with van der Waals surface area (Å²) < 4.78 is 0. The van der Waals surface area contributed by atoms with Crippen molar-refractivity contribution in [3.05, 3.63) is 28.5 Å². The summed E-state index contributed by atoms with van der Waals surface area (Å²) in [4.78, 5) is 4.43. The highest BCUT2D eigenvalue weighted by atomic mass is 35.5. The fourth-order valence-electron chi connectivity index (χ4n) is 1.86. The molecule has 1 aliphatic carbocycles. The third-order valence-corrected chi connectivity index (χ3v) is 3.16. The lowest BCUT2D eigenvalue weighted by Gasteiger charge is -2.30. The van der Waals surface area contributed by atoms with E-state index in [4.69, 9.17) is 17.3 Å². The second kappa shape index (κ2) is 3.87. The zero-order valence-electron chi connectivity index (χ0n) is 8.33. The van der Waals surface area contributed by atoms with Gasteiger partial charge in [0.1, 0.15) is 0 Å². The van der Waals surface area contributed by atoms with Crippen LogP contribution in [0.2, 0.25) is 5.02 Å². The van der Waals surface area contributed by atoms with E-state index in [1.54, 1.807) is 0 Å². The van der Waals surface area contributed by atoms with Gasteiger partial charge in [0, 0.05) is 16.8 Å². The molecule has 0 spiro atoms. The summed E-state index contributed by atoms with van der Waals surface area (Å²) in [6.45, 7) is 1.95. The number of aryl methyl sites for hydroxylation is 1. The first-order valence-electron chi connectivity index (χ1n) is 5.06. The Bertz CT molecular complexity index is 314. The second-order valence-electron chi connectivity index (χ2n) is 4.07. The minimum atomic E-state index is 0.0705. The fraction of sp³-hybridized carbons (Fsp3) is 0.545. The average Bonchev–Trinajstić information content (AvgIpc) is 1.98. The van der Waals surface area contributed by atoms with Gasteiger partial charge in [-0.3, -0.25) is 4.98 Å². The fourth-order valence-corrected chi connectivity index (χ4v) is 2.13. The van der Waals surface area contributed by atoms with Crippen molar-refractivity contribution < 1.29 is 0 Å². The molecule has 1 aromatic rings. The van der Waals surface area contributed by atoms with E-state index in [0.29, 0.717) is 5.92 Å². The lowest BCUT2D eigenvalue weighted by atomic mass is 9.79. The normalized spacial score (nSPS) is 19.1. The van der Waals surface area contributed by atoms with Crippen LogP contribution in [0.15, 0.2) is 12.1 Å². The Morgan fingerprint density at radius 1 is 1.50 bits per heavy atom. The molecule has 1 aromatic heterocycles. The van der Waals surface area contributed by atoms with Crippen LogP contribution in [0.25, 0.3) is 0 Å². The van der Waals surface area contributed by atoms with Crippen LogP contribution in [0.3, 0.4) is 0 Å². The molecule has 1 fully saturated rings. The molecule has 1 unspecified atom stereocenters. The number of hydrogen-bond acceptors (Lipinski definition) is 2. The van der Waals surface area contributed by atoms with Crippen LogP contribution in [0.1, 0.15) is 36.7 Å². The number of nitrogens with zero attached hydrogens (tertiary/aromatic N) is 1. The van der Waals surface area contributed by atoms with Gasteiger partial charge >= 0.3 is 0 Å². The monoisotopic (exact) mass is 210 g/mol. The summed E-state index contributed by atoms with van der Waals surface area (Å²) in [5.74, 6) is 0.611. The molecule has 0 radical (unpaired) electrons. The second-order valence-corrected chi connectivity index (χ2v) is 4.50. The molecule has 2 N–H and O–H groups in total. The summed E-state index contributed by atoms with van der Waals surface area (Å²) >= 11 is 5.96. The van der Waals surface area contributed by atoms with Gasteiger partial charge in [-0.1, -0.05) is 18.0 Å². The van der Waals surface area contributed by atoms with E-state index in [2.05, 4.69) is 4.98 Å². The number of rotatable bonds is 2. The maximum absolute atomic E-state index is 6.12. The molecule has 0 saturated heterocycles. The van der Waals surface area contributed by atoms with Gasteiger partial charge in [-0.15, -0.1) is 0 Å². The van der Waals surface area contributed by atoms with Crippen LogP contribution in [-0.2, 0) is 0 Å². The molecule has 1 aliphatic rings. The number of nitrogens with two attached hydrogens (primary N) is 1. The third-order valence-electron chi connectivity index (χ3n) is 2.94. The highest BCUT2D eigenvalue weighted by molar-refractivity contribution is 6.30. The zero-order valence-corrected chi connectivity index (χ0v) is 9.09. The van der Waals surface area contributed by atoms with Crippen molar-refractivity contribution >= 4 is 11.6 Å². The maximum Gasteiger partial charge on any atom is 0.0591 e. The van der Waals surface area contributed by atoms with E-state index in [9.17, 15) is 0 Å². The molecule has 0 bridgehead atoms. The Kier molecular flexibility index (Phi) is 2.75. The first-order valence-corrected chi connectivity index (χ1v) is 5.44. The highest BCUT2D eigenvalue weighted by Gasteiger charge is 2.26. The van der Waals surface area contributed by atoms with Crippen molar-refractivity contribution in [1.29, 1.82) is 0 Å². The van der Waals surface area contributed by atoms with E-state index in [1.807, 2.05) is 19.1 Å². The van der Waals surface area contributed by atoms with Gasteiger partial charge in [-0.05, 0) is 37.8 Å². The summed E-state index contributed by atoms with van der Waals surface area (Å²) in [6.07, 6.45) is 3.76. The van der Waals surface area contributed by atoms with Crippen LogP contribution in [0, 0.1) is 12.8 Å². The molecule has 0 aliphatic heterocycles. The Morgan fingerprint density at radius 3 is 2.71 bits per heavy atom. The van der Waals surface area contributed by atoms with Crippen LogP contribution >= 0.6 is 11.6 Å². The smallest absolute Gasteiger partial charge is 0.0591 e. The Balaban J connectivity index is 2.21. The Morgan fingerprint density at radius 2 is 2.21 bits per heavy atom. The number of hydrogen-bond donors (Lipinski definition) is 1. The summed E-state index contributed by atoms with van der Waals surface area (Å²) in [6, 6.07) is 3.82. The molecular formula is C11H15ClN2. The first kappa shape index (κ1) is 9.94. The highest BCUT2D eigenvalue weighted by Crippen LogP contribution is 2.36. The van der Waals surface area contributed by atoms with Crippen LogP contribution in [0.5, 0.6) is 0 Å². The summed E-state index contributed by atoms with van der Waals surface area (Å²) in [7, 11) is 0. The van der Waals surface area contributed by atoms with Crippen LogP contribution in [-0.4, -0.2) is 4.98 Å². The van der Waals surface area contributed by atoms with Crippen molar-refractivity contribution in [3.8, 4) is 0 Å². The predicted molar refractivity (Wildman–Crippen MR) is 58.3 cm³/mol. The van der Waals surface area contributed by atoms with Gasteiger partial charge in [-0.2, -0.15) is 0 Å². The minimum absolute atomic E-state index is 0.0705. The molecule has 1 saturated carbocycles. The molecule has 76 valence electrons. The van der Waals surface area contributed by atoms with Gasteiger partial charge in [0.15, 0.2) is 0 Å². The molecule has 1 atom stereocenters. The quantitative estimate of drug-likeness (QED) is 0.816. The van der Waals surface area contributed by atoms with Gasteiger partial charge in [0.2, 0.25) is 0 Å². The minimum Gasteiger partial charge on any atom is -0.322 e. The van der Waals surface area contributed by atoms with Crippen LogP contribution in [0.4, 0.5) is 0 Å². The molecule has 0 amide bonds. The SMILES string of the molecule is Cc1cc(Cl)cc(C(N)C2CCC2)n1. The van der Waals surface area contributed by atoms with Crippen molar-refractivity contribution in [1.82, 2.24) is 4.98 Å². The average molecular weight is 211 g/mol. The van der Waals surface area contributed by atoms with Gasteiger partial charge in [0.25, 0.3) is 0 Å². The molecule has 2 nitrogen and oxygen atoms in total. The van der Waals surface area contributed by atoms with Crippen LogP contribution < -0.4 is 5.73 Å². The third kappa shape index (κ3) is 1.91. The maximum atomic E-state index is 6.12. The van der Waals surface area contributed by atoms with Crippen molar-refractivity contribution in [2.24, 2.45) is 11.7 Å². The molecule has 1 heterocycles. The lowest BCUT2D eigenvalue weighted by molar-refractivity contribution is 0.261. The molecule has 2 rings (SSSR count). The number of aromatic nitrogens is 1. The van der Waals surface area contributed by atoms with Gasteiger partial charge in [-0.25, -0.2) is 0 Å². The lowest BCUT2D eigenvalue weighted by Crippen LogP contribution is -2.27. The van der Waals surface area contributed by atoms with Crippen molar-refractivity contribution in [2.75, 3.05) is 0 Å². The number of pyridine rings is 1. The summed E-state index contributed by atoms with van der Waals surface area (Å²) in [5.41, 5.74) is 8.01. The molecule has 3 heteroatoms. The standard InChI is InChI=1S/C11H15ClN2/c1-7-5-9(12)6-10(14-7)11(13)8-3-2-4-8/h5-6,8,11H,2-4,13H2,1H3.